The van der Waals surface area contributed by atoms with Crippen LogP contribution in [-0.4, -0.2) is 26.8 Å². The lowest BCUT2D eigenvalue weighted by Crippen LogP contribution is -2.13. The van der Waals surface area contributed by atoms with Crippen LogP contribution in [0.1, 0.15) is 37.1 Å². The molecule has 6 nitrogen and oxygen atoms in total. The number of nitrogens with one attached hydrogen (secondary N) is 1. The number of ether oxygens (including phenoxy) is 1. The Morgan fingerprint density at radius 1 is 1.35 bits per heavy atom. The Labute approximate surface area is 119 Å². The van der Waals surface area contributed by atoms with E-state index in [9.17, 15) is 0 Å². The summed E-state index contributed by atoms with van der Waals surface area (Å²) in [6.45, 7) is 7.17. The summed E-state index contributed by atoms with van der Waals surface area (Å²) in [5, 5.41) is 7.30. The molecule has 6 heteroatoms. The molecule has 0 radical (unpaired) electrons. The van der Waals surface area contributed by atoms with Gasteiger partial charge in [0, 0.05) is 18.3 Å². The van der Waals surface area contributed by atoms with Gasteiger partial charge in [-0.25, -0.2) is 9.67 Å². The van der Waals surface area contributed by atoms with Crippen molar-refractivity contribution in [3.05, 3.63) is 35.7 Å². The molecular formula is C14H21N5O. The fraction of sp³-hybridized carbons (Fsp3) is 0.500. The highest BCUT2D eigenvalue weighted by molar-refractivity contribution is 5.29. The minimum Gasteiger partial charge on any atom is -0.484 e. The molecule has 0 unspecified atom stereocenters. The Hall–Kier alpha value is -1.95. The van der Waals surface area contributed by atoms with E-state index < -0.39 is 0 Å². The fourth-order valence-electron chi connectivity index (χ4n) is 1.97. The van der Waals surface area contributed by atoms with E-state index in [0.29, 0.717) is 13.2 Å². The first kappa shape index (κ1) is 14.5. The molecule has 0 fully saturated rings. The van der Waals surface area contributed by atoms with E-state index in [1.165, 1.54) is 0 Å². The maximum atomic E-state index is 5.85. The van der Waals surface area contributed by atoms with Crippen LogP contribution in [0.15, 0.2) is 18.5 Å². The molecule has 2 rings (SSSR count). The van der Waals surface area contributed by atoms with Crippen LogP contribution in [0.25, 0.3) is 0 Å². The third-order valence-corrected chi connectivity index (χ3v) is 2.91. The number of aryl methyl sites for hydroxylation is 1. The monoisotopic (exact) mass is 275 g/mol. The van der Waals surface area contributed by atoms with Crippen molar-refractivity contribution < 1.29 is 4.74 Å². The molecule has 0 atom stereocenters. The number of rotatable bonds is 6. The van der Waals surface area contributed by atoms with Gasteiger partial charge in [-0.2, -0.15) is 5.10 Å². The molecule has 20 heavy (non-hydrogen) atoms. The molecule has 0 saturated heterocycles. The summed E-state index contributed by atoms with van der Waals surface area (Å²) < 4.78 is 7.71. The first-order chi connectivity index (χ1) is 9.61. The van der Waals surface area contributed by atoms with Crippen LogP contribution in [-0.2, 0) is 13.2 Å². The summed E-state index contributed by atoms with van der Waals surface area (Å²) in [5.41, 5.74) is 1.89. The molecule has 0 bridgehead atoms. The molecular weight excluding hydrogens is 254 g/mol. The molecule has 0 spiro atoms. The summed E-state index contributed by atoms with van der Waals surface area (Å²) in [7, 11) is 1.89. The van der Waals surface area contributed by atoms with Gasteiger partial charge in [-0.3, -0.25) is 4.98 Å². The molecule has 2 aromatic heterocycles. The summed E-state index contributed by atoms with van der Waals surface area (Å²) in [6, 6.07) is 4.16. The summed E-state index contributed by atoms with van der Waals surface area (Å²) in [5.74, 6) is 1.60. The number of aromatic nitrogens is 4. The normalized spacial score (nSPS) is 11.1. The van der Waals surface area contributed by atoms with Gasteiger partial charge in [0.05, 0.1) is 5.69 Å². The third-order valence-electron chi connectivity index (χ3n) is 2.91. The lowest BCUT2D eigenvalue weighted by molar-refractivity contribution is 0.277. The molecule has 2 heterocycles. The highest BCUT2D eigenvalue weighted by Crippen LogP contribution is 2.18. The lowest BCUT2D eigenvalue weighted by Gasteiger charge is -2.13. The zero-order valence-electron chi connectivity index (χ0n) is 12.4. The summed E-state index contributed by atoms with van der Waals surface area (Å²) >= 11 is 0. The minimum absolute atomic E-state index is 0.268. The van der Waals surface area contributed by atoms with Gasteiger partial charge in [-0.1, -0.05) is 0 Å². The second-order valence-electron chi connectivity index (χ2n) is 4.93. The molecule has 1 N–H and O–H groups in total. The van der Waals surface area contributed by atoms with Crippen molar-refractivity contribution in [3.8, 4) is 5.75 Å². The summed E-state index contributed by atoms with van der Waals surface area (Å²) in [6.07, 6.45) is 1.56. The fourth-order valence-corrected chi connectivity index (χ4v) is 1.97. The van der Waals surface area contributed by atoms with Crippen molar-refractivity contribution >= 4 is 0 Å². The number of hydrogen-bond acceptors (Lipinski definition) is 5. The van der Waals surface area contributed by atoms with E-state index in [-0.39, 0.29) is 6.04 Å². The van der Waals surface area contributed by atoms with Crippen LogP contribution < -0.4 is 10.1 Å². The van der Waals surface area contributed by atoms with Crippen molar-refractivity contribution in [2.75, 3.05) is 7.05 Å². The van der Waals surface area contributed by atoms with Crippen LogP contribution in [0.3, 0.4) is 0 Å². The van der Waals surface area contributed by atoms with Gasteiger partial charge in [0.25, 0.3) is 0 Å². The Bertz CT molecular complexity index is 564. The van der Waals surface area contributed by atoms with Gasteiger partial charge >= 0.3 is 0 Å². The average molecular weight is 275 g/mol. The lowest BCUT2D eigenvalue weighted by atomic mass is 10.3. The zero-order chi connectivity index (χ0) is 14.5. The second kappa shape index (κ2) is 6.47. The van der Waals surface area contributed by atoms with Gasteiger partial charge in [-0.05, 0) is 40.0 Å². The van der Waals surface area contributed by atoms with Gasteiger partial charge in [0.2, 0.25) is 0 Å². The van der Waals surface area contributed by atoms with E-state index in [4.69, 9.17) is 4.74 Å². The highest BCUT2D eigenvalue weighted by atomic mass is 16.5. The van der Waals surface area contributed by atoms with Crippen molar-refractivity contribution in [3.63, 3.8) is 0 Å². The van der Waals surface area contributed by atoms with Crippen LogP contribution in [0.2, 0.25) is 0 Å². The average Bonchev–Trinajstić information content (AvgIpc) is 2.87. The van der Waals surface area contributed by atoms with Crippen molar-refractivity contribution in [2.45, 2.75) is 40.0 Å². The minimum atomic E-state index is 0.268. The topological polar surface area (TPSA) is 64.9 Å². The molecule has 0 aliphatic heterocycles. The Morgan fingerprint density at radius 3 is 2.85 bits per heavy atom. The van der Waals surface area contributed by atoms with Crippen molar-refractivity contribution in [2.24, 2.45) is 0 Å². The number of hydrogen-bond donors (Lipinski definition) is 1. The Kier molecular flexibility index (Phi) is 4.68. The molecule has 0 saturated carbocycles. The van der Waals surface area contributed by atoms with Crippen LogP contribution >= 0.6 is 0 Å². The van der Waals surface area contributed by atoms with Crippen LogP contribution in [0.5, 0.6) is 5.75 Å². The second-order valence-corrected chi connectivity index (χ2v) is 4.93. The first-order valence-electron chi connectivity index (χ1n) is 6.74. The highest BCUT2D eigenvalue weighted by Gasteiger charge is 2.10. The molecule has 0 aromatic carbocycles. The quantitative estimate of drug-likeness (QED) is 0.871. The third kappa shape index (κ3) is 3.33. The molecule has 0 aliphatic carbocycles. The van der Waals surface area contributed by atoms with E-state index in [0.717, 1.165) is 23.0 Å². The predicted octanol–water partition coefficient (Wildman–Crippen LogP) is 1.86. The van der Waals surface area contributed by atoms with Crippen LogP contribution in [0, 0.1) is 6.92 Å². The van der Waals surface area contributed by atoms with Gasteiger partial charge in [0.15, 0.2) is 5.82 Å². The summed E-state index contributed by atoms with van der Waals surface area (Å²) in [4.78, 5) is 8.73. The molecule has 108 valence electrons. The van der Waals surface area contributed by atoms with Crippen LogP contribution in [0.4, 0.5) is 0 Å². The number of nitrogens with zero attached hydrogens (tertiary/aromatic N) is 4. The largest absolute Gasteiger partial charge is 0.484 e. The molecule has 0 amide bonds. The maximum Gasteiger partial charge on any atom is 0.165 e. The van der Waals surface area contributed by atoms with Gasteiger partial charge < -0.3 is 10.1 Å². The van der Waals surface area contributed by atoms with Crippen molar-refractivity contribution in [1.82, 2.24) is 25.1 Å². The maximum absolute atomic E-state index is 5.85. The van der Waals surface area contributed by atoms with E-state index in [1.54, 1.807) is 6.33 Å². The SMILES string of the molecule is CNCc1nc(C)ccc1OCc1ncnn1C(C)C. The Morgan fingerprint density at radius 2 is 2.15 bits per heavy atom. The first-order valence-corrected chi connectivity index (χ1v) is 6.74. The van der Waals surface area contributed by atoms with Gasteiger partial charge in [-0.15, -0.1) is 0 Å². The van der Waals surface area contributed by atoms with E-state index in [1.807, 2.05) is 30.8 Å². The Balaban J connectivity index is 2.12. The molecule has 0 aliphatic rings. The standard InChI is InChI=1S/C14H21N5O/c1-10(2)19-14(16-9-17-19)8-20-13-6-5-11(3)18-12(13)7-15-4/h5-6,9-10,15H,7-8H2,1-4H3. The van der Waals surface area contributed by atoms with Gasteiger partial charge in [0.1, 0.15) is 18.7 Å². The number of pyridine rings is 1. The van der Waals surface area contributed by atoms with E-state index >= 15 is 0 Å². The predicted molar refractivity (Wildman–Crippen MR) is 76.5 cm³/mol. The molecule has 2 aromatic rings. The van der Waals surface area contributed by atoms with Crippen molar-refractivity contribution in [1.29, 1.82) is 0 Å². The zero-order valence-corrected chi connectivity index (χ0v) is 12.4. The smallest absolute Gasteiger partial charge is 0.165 e. The van der Waals surface area contributed by atoms with E-state index in [2.05, 4.69) is 34.2 Å².